The summed E-state index contributed by atoms with van der Waals surface area (Å²) in [4.78, 5) is 12.6. The van der Waals surface area contributed by atoms with Gasteiger partial charge < -0.3 is 15.0 Å². The van der Waals surface area contributed by atoms with Crippen molar-refractivity contribution in [2.24, 2.45) is 0 Å². The highest BCUT2D eigenvalue weighted by Gasteiger charge is 2.21. The highest BCUT2D eigenvalue weighted by Crippen LogP contribution is 2.32. The third-order valence-electron chi connectivity index (χ3n) is 3.19. The first kappa shape index (κ1) is 12.6. The Morgan fingerprint density at radius 3 is 2.94 bits per heavy atom. The van der Waals surface area contributed by atoms with Gasteiger partial charge in [-0.3, -0.25) is 10.1 Å². The van der Waals surface area contributed by atoms with E-state index in [1.54, 1.807) is 12.1 Å². The largest absolute Gasteiger partial charge is 0.490 e. The lowest BCUT2D eigenvalue weighted by Gasteiger charge is -2.35. The minimum atomic E-state index is -0.427. The van der Waals surface area contributed by atoms with Crippen molar-refractivity contribution < 1.29 is 9.66 Å². The summed E-state index contributed by atoms with van der Waals surface area (Å²) in [7, 11) is 1.45. The second-order valence-electron chi connectivity index (χ2n) is 4.36. The van der Waals surface area contributed by atoms with Crippen LogP contribution >= 0.6 is 0 Å². The van der Waals surface area contributed by atoms with Crippen LogP contribution in [-0.2, 0) is 0 Å². The van der Waals surface area contributed by atoms with Crippen LogP contribution in [0.2, 0.25) is 0 Å². The molecule has 1 aromatic rings. The first-order valence-corrected chi connectivity index (χ1v) is 5.93. The fourth-order valence-electron chi connectivity index (χ4n) is 2.22. The normalized spacial score (nSPS) is 19.7. The number of nitro groups is 1. The summed E-state index contributed by atoms with van der Waals surface area (Å²) in [5.41, 5.74) is 0.968. The number of nitrogens with zero attached hydrogens (tertiary/aromatic N) is 2. The van der Waals surface area contributed by atoms with Crippen molar-refractivity contribution in [3.05, 3.63) is 28.3 Å². The van der Waals surface area contributed by atoms with Crippen molar-refractivity contribution in [1.29, 1.82) is 0 Å². The van der Waals surface area contributed by atoms with E-state index in [9.17, 15) is 10.1 Å². The van der Waals surface area contributed by atoms with E-state index in [1.165, 1.54) is 13.2 Å². The monoisotopic (exact) mass is 251 g/mol. The Bertz CT molecular complexity index is 450. The molecular formula is C12H17N3O3. The van der Waals surface area contributed by atoms with Gasteiger partial charge in [-0.1, -0.05) is 0 Å². The predicted octanol–water partition coefficient (Wildman–Crippen LogP) is 1.40. The van der Waals surface area contributed by atoms with Gasteiger partial charge in [-0.2, -0.15) is 0 Å². The second-order valence-corrected chi connectivity index (χ2v) is 4.36. The number of hydrogen-bond acceptors (Lipinski definition) is 5. The molecular weight excluding hydrogens is 234 g/mol. The molecule has 1 aliphatic heterocycles. The van der Waals surface area contributed by atoms with E-state index in [-0.39, 0.29) is 5.69 Å². The molecule has 0 aromatic heterocycles. The van der Waals surface area contributed by atoms with Crippen molar-refractivity contribution in [1.82, 2.24) is 5.32 Å². The summed E-state index contributed by atoms with van der Waals surface area (Å²) in [6.07, 6.45) is 0. The molecule has 1 saturated heterocycles. The lowest BCUT2D eigenvalue weighted by atomic mass is 10.1. The third kappa shape index (κ3) is 2.38. The van der Waals surface area contributed by atoms with Crippen molar-refractivity contribution >= 4 is 11.4 Å². The first-order chi connectivity index (χ1) is 8.63. The Balaban J connectivity index is 2.31. The minimum absolute atomic E-state index is 0.00374. The molecule has 0 unspecified atom stereocenters. The van der Waals surface area contributed by atoms with Crippen LogP contribution in [0.1, 0.15) is 6.92 Å². The second kappa shape index (κ2) is 5.22. The van der Waals surface area contributed by atoms with Gasteiger partial charge in [0.2, 0.25) is 0 Å². The molecule has 0 radical (unpaired) electrons. The summed E-state index contributed by atoms with van der Waals surface area (Å²) < 4.78 is 5.09. The Morgan fingerprint density at radius 1 is 1.56 bits per heavy atom. The summed E-state index contributed by atoms with van der Waals surface area (Å²) in [5.74, 6) is 0.309. The van der Waals surface area contributed by atoms with E-state index in [0.717, 1.165) is 25.3 Å². The first-order valence-electron chi connectivity index (χ1n) is 5.93. The molecule has 18 heavy (non-hydrogen) atoms. The fourth-order valence-corrected chi connectivity index (χ4v) is 2.22. The van der Waals surface area contributed by atoms with Crippen molar-refractivity contribution in [3.8, 4) is 5.75 Å². The molecule has 0 spiro atoms. The molecule has 98 valence electrons. The van der Waals surface area contributed by atoms with Crippen LogP contribution < -0.4 is 15.0 Å². The van der Waals surface area contributed by atoms with Crippen LogP contribution in [0.4, 0.5) is 11.4 Å². The van der Waals surface area contributed by atoms with E-state index in [4.69, 9.17) is 4.74 Å². The molecule has 0 amide bonds. The SMILES string of the molecule is COc1cc(N2CCNC[C@@H]2C)ccc1[N+](=O)[O-]. The van der Waals surface area contributed by atoms with Crippen LogP contribution in [0.5, 0.6) is 5.75 Å². The van der Waals surface area contributed by atoms with Crippen molar-refractivity contribution in [2.45, 2.75) is 13.0 Å². The molecule has 1 atom stereocenters. The number of methoxy groups -OCH3 is 1. The quantitative estimate of drug-likeness (QED) is 0.649. The summed E-state index contributed by atoms with van der Waals surface area (Å²) in [5, 5.41) is 14.1. The van der Waals surface area contributed by atoms with Gasteiger partial charge in [-0.05, 0) is 13.0 Å². The van der Waals surface area contributed by atoms with Crippen molar-refractivity contribution in [3.63, 3.8) is 0 Å². The molecule has 6 heteroatoms. The molecule has 1 heterocycles. The zero-order chi connectivity index (χ0) is 13.1. The average Bonchev–Trinajstić information content (AvgIpc) is 2.38. The number of ether oxygens (including phenoxy) is 1. The summed E-state index contributed by atoms with van der Waals surface area (Å²) in [6.45, 7) is 4.85. The molecule has 0 saturated carbocycles. The molecule has 1 N–H and O–H groups in total. The lowest BCUT2D eigenvalue weighted by Crippen LogP contribution is -2.49. The van der Waals surface area contributed by atoms with Crippen LogP contribution in [0, 0.1) is 10.1 Å². The molecule has 2 rings (SSSR count). The van der Waals surface area contributed by atoms with Crippen LogP contribution in [0.3, 0.4) is 0 Å². The van der Waals surface area contributed by atoms with Gasteiger partial charge in [0, 0.05) is 43.5 Å². The van der Waals surface area contributed by atoms with Gasteiger partial charge >= 0.3 is 5.69 Å². The van der Waals surface area contributed by atoms with Gasteiger partial charge in [0.1, 0.15) is 0 Å². The molecule has 1 aromatic carbocycles. The van der Waals surface area contributed by atoms with E-state index >= 15 is 0 Å². The van der Waals surface area contributed by atoms with Crippen LogP contribution in [0.15, 0.2) is 18.2 Å². The maximum Gasteiger partial charge on any atom is 0.311 e. The number of nitrogens with one attached hydrogen (secondary N) is 1. The Labute approximate surface area is 106 Å². The van der Waals surface area contributed by atoms with E-state index < -0.39 is 4.92 Å². The van der Waals surface area contributed by atoms with Crippen LogP contribution in [0.25, 0.3) is 0 Å². The highest BCUT2D eigenvalue weighted by atomic mass is 16.6. The molecule has 1 fully saturated rings. The van der Waals surface area contributed by atoms with Gasteiger partial charge in [0.25, 0.3) is 0 Å². The predicted molar refractivity (Wildman–Crippen MR) is 69.3 cm³/mol. The lowest BCUT2D eigenvalue weighted by molar-refractivity contribution is -0.385. The fraction of sp³-hybridized carbons (Fsp3) is 0.500. The molecule has 0 bridgehead atoms. The number of hydrogen-bond donors (Lipinski definition) is 1. The number of piperazine rings is 1. The smallest absolute Gasteiger partial charge is 0.311 e. The maximum absolute atomic E-state index is 10.8. The minimum Gasteiger partial charge on any atom is -0.490 e. The number of benzene rings is 1. The topological polar surface area (TPSA) is 67.6 Å². The van der Waals surface area contributed by atoms with Gasteiger partial charge in [0.15, 0.2) is 5.75 Å². The van der Waals surface area contributed by atoms with E-state index in [1.807, 2.05) is 0 Å². The highest BCUT2D eigenvalue weighted by molar-refractivity contribution is 5.59. The molecule has 6 nitrogen and oxygen atoms in total. The zero-order valence-corrected chi connectivity index (χ0v) is 10.5. The number of anilines is 1. The zero-order valence-electron chi connectivity index (χ0n) is 10.5. The Hall–Kier alpha value is -1.82. The van der Waals surface area contributed by atoms with Gasteiger partial charge in [-0.25, -0.2) is 0 Å². The van der Waals surface area contributed by atoms with E-state index in [0.29, 0.717) is 11.8 Å². The van der Waals surface area contributed by atoms with Gasteiger partial charge in [-0.15, -0.1) is 0 Å². The number of rotatable bonds is 3. The number of nitro benzene ring substituents is 1. The van der Waals surface area contributed by atoms with Gasteiger partial charge in [0.05, 0.1) is 12.0 Å². The average molecular weight is 251 g/mol. The molecule has 0 aliphatic carbocycles. The van der Waals surface area contributed by atoms with Crippen LogP contribution in [-0.4, -0.2) is 37.7 Å². The Morgan fingerprint density at radius 2 is 2.33 bits per heavy atom. The summed E-state index contributed by atoms with van der Waals surface area (Å²) >= 11 is 0. The maximum atomic E-state index is 10.8. The standard InChI is InChI=1S/C12H17N3O3/c1-9-8-13-5-6-14(9)10-3-4-11(15(16)17)12(7-10)18-2/h3-4,7,9,13H,5-6,8H2,1-2H3/t9-/m0/s1. The third-order valence-corrected chi connectivity index (χ3v) is 3.19. The molecule has 1 aliphatic rings. The van der Waals surface area contributed by atoms with Crippen molar-refractivity contribution in [2.75, 3.05) is 31.6 Å². The summed E-state index contributed by atoms with van der Waals surface area (Å²) in [6, 6.07) is 5.38. The Kier molecular flexibility index (Phi) is 3.66. The van der Waals surface area contributed by atoms with E-state index in [2.05, 4.69) is 17.1 Å².